The van der Waals surface area contributed by atoms with Crippen LogP contribution < -0.4 is 4.74 Å². The molecule has 1 aromatic rings. The first-order valence-corrected chi connectivity index (χ1v) is 6.10. The molecule has 18 heavy (non-hydrogen) atoms. The smallest absolute Gasteiger partial charge is 0.309 e. The third-order valence-electron chi connectivity index (χ3n) is 2.57. The van der Waals surface area contributed by atoms with E-state index in [0.717, 1.165) is 17.7 Å². The highest BCUT2D eigenvalue weighted by molar-refractivity contribution is 5.72. The van der Waals surface area contributed by atoms with Crippen molar-refractivity contribution >= 4 is 5.97 Å². The van der Waals surface area contributed by atoms with E-state index in [2.05, 4.69) is 6.08 Å². The molecule has 1 aromatic carbocycles. The Kier molecular flexibility index (Phi) is 5.98. The number of carbonyl (C=O) groups excluding carboxylic acids is 1. The predicted molar refractivity (Wildman–Crippen MR) is 71.7 cm³/mol. The van der Waals surface area contributed by atoms with Gasteiger partial charge in [0.2, 0.25) is 0 Å². The summed E-state index contributed by atoms with van der Waals surface area (Å²) in [6.45, 7) is 4.19. The zero-order valence-electron chi connectivity index (χ0n) is 11.2. The molecule has 0 saturated carbocycles. The fraction of sp³-hybridized carbons (Fsp3) is 0.400. The second-order valence-electron chi connectivity index (χ2n) is 4.08. The molecule has 0 amide bonds. The van der Waals surface area contributed by atoms with Gasteiger partial charge in [0.25, 0.3) is 0 Å². The second-order valence-corrected chi connectivity index (χ2v) is 4.08. The first kappa shape index (κ1) is 14.3. The van der Waals surface area contributed by atoms with Gasteiger partial charge in [0.15, 0.2) is 0 Å². The third-order valence-corrected chi connectivity index (χ3v) is 2.57. The van der Waals surface area contributed by atoms with Crippen LogP contribution in [-0.2, 0) is 16.0 Å². The van der Waals surface area contributed by atoms with Crippen molar-refractivity contribution in [3.63, 3.8) is 0 Å². The highest BCUT2D eigenvalue weighted by atomic mass is 16.5. The van der Waals surface area contributed by atoms with Gasteiger partial charge >= 0.3 is 5.97 Å². The summed E-state index contributed by atoms with van der Waals surface area (Å²) in [7, 11) is 1.65. The van der Waals surface area contributed by atoms with Crippen LogP contribution >= 0.6 is 0 Å². The summed E-state index contributed by atoms with van der Waals surface area (Å²) in [4.78, 5) is 11.3. The zero-order chi connectivity index (χ0) is 13.4. The van der Waals surface area contributed by atoms with Gasteiger partial charge in [-0.3, -0.25) is 4.79 Å². The molecule has 0 N–H and O–H groups in total. The van der Waals surface area contributed by atoms with Gasteiger partial charge in [-0.25, -0.2) is 0 Å². The minimum atomic E-state index is -0.166. The fourth-order valence-electron chi connectivity index (χ4n) is 1.57. The monoisotopic (exact) mass is 248 g/mol. The van der Waals surface area contributed by atoms with E-state index >= 15 is 0 Å². The summed E-state index contributed by atoms with van der Waals surface area (Å²) in [6, 6.07) is 7.91. The van der Waals surface area contributed by atoms with Crippen molar-refractivity contribution in [2.75, 3.05) is 13.7 Å². The van der Waals surface area contributed by atoms with Crippen molar-refractivity contribution in [3.8, 4) is 5.75 Å². The van der Waals surface area contributed by atoms with Crippen LogP contribution in [0.4, 0.5) is 0 Å². The molecule has 0 aliphatic rings. The van der Waals surface area contributed by atoms with Gasteiger partial charge in [0.1, 0.15) is 5.75 Å². The zero-order valence-corrected chi connectivity index (χ0v) is 11.2. The molecule has 0 aliphatic heterocycles. The molecule has 0 aromatic heterocycles. The van der Waals surface area contributed by atoms with E-state index in [0.29, 0.717) is 13.0 Å². The van der Waals surface area contributed by atoms with Crippen molar-refractivity contribution in [1.29, 1.82) is 0 Å². The van der Waals surface area contributed by atoms with Gasteiger partial charge in [-0.2, -0.15) is 0 Å². The Morgan fingerprint density at radius 1 is 1.28 bits per heavy atom. The fourth-order valence-corrected chi connectivity index (χ4v) is 1.57. The van der Waals surface area contributed by atoms with Crippen LogP contribution in [0.2, 0.25) is 0 Å². The SMILES string of the molecule is CCOC(=O)C/C(C)=C\Cc1ccc(OC)cc1. The van der Waals surface area contributed by atoms with Crippen molar-refractivity contribution in [2.45, 2.75) is 26.7 Å². The number of ether oxygens (including phenoxy) is 2. The Morgan fingerprint density at radius 2 is 1.94 bits per heavy atom. The van der Waals surface area contributed by atoms with Crippen LogP contribution in [0.25, 0.3) is 0 Å². The number of hydrogen-bond acceptors (Lipinski definition) is 3. The number of hydrogen-bond donors (Lipinski definition) is 0. The molecular formula is C15H20O3. The van der Waals surface area contributed by atoms with Crippen LogP contribution in [0, 0.1) is 0 Å². The molecule has 0 radical (unpaired) electrons. The average molecular weight is 248 g/mol. The summed E-state index contributed by atoms with van der Waals surface area (Å²) >= 11 is 0. The van der Waals surface area contributed by atoms with E-state index in [1.807, 2.05) is 38.1 Å². The van der Waals surface area contributed by atoms with E-state index < -0.39 is 0 Å². The number of allylic oxidation sites excluding steroid dienone is 1. The number of rotatable bonds is 6. The molecule has 0 aliphatic carbocycles. The number of benzene rings is 1. The van der Waals surface area contributed by atoms with E-state index in [1.54, 1.807) is 7.11 Å². The average Bonchev–Trinajstić information content (AvgIpc) is 2.37. The first-order chi connectivity index (χ1) is 8.65. The lowest BCUT2D eigenvalue weighted by molar-refractivity contribution is -0.142. The number of carbonyl (C=O) groups is 1. The lowest BCUT2D eigenvalue weighted by Gasteiger charge is -2.03. The Hall–Kier alpha value is -1.77. The quantitative estimate of drug-likeness (QED) is 0.573. The molecule has 0 saturated heterocycles. The number of esters is 1. The van der Waals surface area contributed by atoms with Gasteiger partial charge in [-0.1, -0.05) is 23.8 Å². The highest BCUT2D eigenvalue weighted by Gasteiger charge is 2.02. The van der Waals surface area contributed by atoms with Crippen LogP contribution in [-0.4, -0.2) is 19.7 Å². The largest absolute Gasteiger partial charge is 0.497 e. The molecule has 0 spiro atoms. The lowest BCUT2D eigenvalue weighted by Crippen LogP contribution is -2.04. The van der Waals surface area contributed by atoms with E-state index in [1.165, 1.54) is 5.56 Å². The summed E-state index contributed by atoms with van der Waals surface area (Å²) in [5, 5.41) is 0. The topological polar surface area (TPSA) is 35.5 Å². The maximum absolute atomic E-state index is 11.3. The van der Waals surface area contributed by atoms with Gasteiger partial charge in [-0.05, 0) is 38.0 Å². The Balaban J connectivity index is 2.48. The summed E-state index contributed by atoms with van der Waals surface area (Å²) in [6.07, 6.45) is 3.23. The summed E-state index contributed by atoms with van der Waals surface area (Å²) in [5.74, 6) is 0.687. The van der Waals surface area contributed by atoms with E-state index in [-0.39, 0.29) is 5.97 Å². The van der Waals surface area contributed by atoms with Crippen LogP contribution in [0.3, 0.4) is 0 Å². The van der Waals surface area contributed by atoms with Crippen molar-refractivity contribution in [1.82, 2.24) is 0 Å². The van der Waals surface area contributed by atoms with Crippen LogP contribution in [0.15, 0.2) is 35.9 Å². The van der Waals surface area contributed by atoms with Crippen molar-refractivity contribution < 1.29 is 14.3 Å². The van der Waals surface area contributed by atoms with Crippen molar-refractivity contribution in [2.24, 2.45) is 0 Å². The summed E-state index contributed by atoms with van der Waals surface area (Å²) < 4.78 is 10.00. The first-order valence-electron chi connectivity index (χ1n) is 6.10. The normalized spacial score (nSPS) is 11.2. The highest BCUT2D eigenvalue weighted by Crippen LogP contribution is 2.13. The Bertz CT molecular complexity index is 404. The maximum Gasteiger partial charge on any atom is 0.309 e. The summed E-state index contributed by atoms with van der Waals surface area (Å²) in [5.41, 5.74) is 2.23. The molecule has 1 rings (SSSR count). The van der Waals surface area contributed by atoms with Gasteiger partial charge in [0, 0.05) is 0 Å². The van der Waals surface area contributed by atoms with Gasteiger partial charge < -0.3 is 9.47 Å². The van der Waals surface area contributed by atoms with Crippen LogP contribution in [0.5, 0.6) is 5.75 Å². The molecule has 3 nitrogen and oxygen atoms in total. The number of methoxy groups -OCH3 is 1. The molecule has 0 atom stereocenters. The lowest BCUT2D eigenvalue weighted by atomic mass is 10.1. The predicted octanol–water partition coefficient (Wildman–Crippen LogP) is 3.14. The molecule has 0 heterocycles. The van der Waals surface area contributed by atoms with E-state index in [9.17, 15) is 4.79 Å². The molecule has 3 heteroatoms. The maximum atomic E-state index is 11.3. The Labute approximate surface area is 108 Å². The molecule has 0 bridgehead atoms. The van der Waals surface area contributed by atoms with Gasteiger partial charge in [0.05, 0.1) is 20.1 Å². The molecular weight excluding hydrogens is 228 g/mol. The molecule has 98 valence electrons. The minimum Gasteiger partial charge on any atom is -0.497 e. The second kappa shape index (κ2) is 7.54. The Morgan fingerprint density at radius 3 is 2.50 bits per heavy atom. The van der Waals surface area contributed by atoms with Gasteiger partial charge in [-0.15, -0.1) is 0 Å². The third kappa shape index (κ3) is 5.04. The van der Waals surface area contributed by atoms with Crippen molar-refractivity contribution in [3.05, 3.63) is 41.5 Å². The molecule has 0 unspecified atom stereocenters. The van der Waals surface area contributed by atoms with Crippen LogP contribution in [0.1, 0.15) is 25.8 Å². The standard InChI is InChI=1S/C15H20O3/c1-4-18-15(16)11-12(2)5-6-13-7-9-14(17-3)10-8-13/h5,7-10H,4,6,11H2,1-3H3/b12-5-. The van der Waals surface area contributed by atoms with E-state index in [4.69, 9.17) is 9.47 Å². The molecule has 0 fully saturated rings. The minimum absolute atomic E-state index is 0.166.